The third-order valence-corrected chi connectivity index (χ3v) is 9.97. The number of carbonyl (C=O) groups is 1. The Morgan fingerprint density at radius 3 is 2.53 bits per heavy atom. The summed E-state index contributed by atoms with van der Waals surface area (Å²) in [4.78, 5) is 31.6. The van der Waals surface area contributed by atoms with Gasteiger partial charge in [0.05, 0.1) is 24.8 Å². The van der Waals surface area contributed by atoms with Gasteiger partial charge in [0.25, 0.3) is 11.5 Å². The second-order valence-electron chi connectivity index (χ2n) is 12.9. The molecule has 1 aliphatic heterocycles. The summed E-state index contributed by atoms with van der Waals surface area (Å²) in [5, 5.41) is 7.57. The number of rotatable bonds is 16. The van der Waals surface area contributed by atoms with Gasteiger partial charge in [0.2, 0.25) is 0 Å². The number of hydrogen-bond donors (Lipinski definition) is 3. The number of nitrogens with one attached hydrogen (secondary N) is 3. The van der Waals surface area contributed by atoms with E-state index in [1.807, 2.05) is 32.0 Å². The minimum atomic E-state index is -0.250. The summed E-state index contributed by atoms with van der Waals surface area (Å²) in [6, 6.07) is 10.2. The van der Waals surface area contributed by atoms with Crippen LogP contribution in [0.2, 0.25) is 0 Å². The minimum absolute atomic E-state index is 0.0897. The van der Waals surface area contributed by atoms with Gasteiger partial charge in [-0.1, -0.05) is 57.0 Å². The number of ether oxygens (including phenoxy) is 1. The fourth-order valence-electron chi connectivity index (χ4n) is 7.08. The Morgan fingerprint density at radius 1 is 1.13 bits per heavy atom. The van der Waals surface area contributed by atoms with E-state index in [-0.39, 0.29) is 24.1 Å². The number of nitrogens with zero attached hydrogens (tertiary/aromatic N) is 2. The van der Waals surface area contributed by atoms with E-state index in [2.05, 4.69) is 58.5 Å². The van der Waals surface area contributed by atoms with Gasteiger partial charge in [-0.15, -0.1) is 0 Å². The van der Waals surface area contributed by atoms with E-state index < -0.39 is 0 Å². The summed E-state index contributed by atoms with van der Waals surface area (Å²) in [6.07, 6.45) is 6.98. The summed E-state index contributed by atoms with van der Waals surface area (Å²) in [7, 11) is 1.54. The molecule has 0 saturated carbocycles. The Balaban J connectivity index is 1.34. The highest BCUT2D eigenvalue weighted by molar-refractivity contribution is 6.08. The number of pyridine rings is 1. The van der Waals surface area contributed by atoms with Crippen molar-refractivity contribution in [1.82, 2.24) is 25.1 Å². The molecule has 1 fully saturated rings. The number of piperidine rings is 1. The largest absolute Gasteiger partial charge is 0.496 e. The van der Waals surface area contributed by atoms with E-state index in [1.165, 1.54) is 25.5 Å². The third kappa shape index (κ3) is 8.47. The molecule has 1 saturated heterocycles. The zero-order valence-electron chi connectivity index (χ0n) is 28.4. The topological polar surface area (TPSA) is 91.4 Å². The van der Waals surface area contributed by atoms with E-state index in [4.69, 9.17) is 4.74 Å². The van der Waals surface area contributed by atoms with Crippen LogP contribution in [0.1, 0.15) is 92.6 Å². The SMILES string of the molecule is C=C(CCNCCN1CCC([C@H](C)n2c(C)c(C(=O)NCc3c(OC)cc(C)[nH]c3=O)c3ccccc32)CC1)CC(CC)CC. The van der Waals surface area contributed by atoms with Crippen LogP contribution in [0.4, 0.5) is 0 Å². The molecule has 3 N–H and O–H groups in total. The first kappa shape index (κ1) is 34.5. The Hall–Kier alpha value is -3.36. The number of aryl methyl sites for hydroxylation is 1. The molecule has 8 nitrogen and oxygen atoms in total. The van der Waals surface area contributed by atoms with Crippen molar-refractivity contribution in [2.75, 3.05) is 39.8 Å². The van der Waals surface area contributed by atoms with Gasteiger partial charge in [-0.2, -0.15) is 0 Å². The lowest BCUT2D eigenvalue weighted by Crippen LogP contribution is -2.40. The highest BCUT2D eigenvalue weighted by Crippen LogP contribution is 2.35. The average Bonchev–Trinajstić information content (AvgIpc) is 3.33. The third-order valence-electron chi connectivity index (χ3n) is 9.97. The summed E-state index contributed by atoms with van der Waals surface area (Å²) in [5.74, 6) is 1.60. The molecule has 0 spiro atoms. The number of likely N-dealkylation sites (tertiary alicyclic amines) is 1. The van der Waals surface area contributed by atoms with Gasteiger partial charge in [0, 0.05) is 41.4 Å². The van der Waals surface area contributed by atoms with E-state index in [9.17, 15) is 9.59 Å². The molecule has 3 heterocycles. The molecule has 246 valence electrons. The van der Waals surface area contributed by atoms with Crippen LogP contribution < -0.4 is 20.9 Å². The molecule has 1 amide bonds. The fourth-order valence-corrected chi connectivity index (χ4v) is 7.08. The molecule has 45 heavy (non-hydrogen) atoms. The van der Waals surface area contributed by atoms with Crippen LogP contribution in [-0.2, 0) is 6.54 Å². The first-order chi connectivity index (χ1) is 21.7. The summed E-state index contributed by atoms with van der Waals surface area (Å²) < 4.78 is 7.78. The maximum atomic E-state index is 13.6. The first-order valence-corrected chi connectivity index (χ1v) is 16.9. The highest BCUT2D eigenvalue weighted by atomic mass is 16.5. The number of methoxy groups -OCH3 is 1. The quantitative estimate of drug-likeness (QED) is 0.126. The molecule has 0 bridgehead atoms. The number of hydrogen-bond acceptors (Lipinski definition) is 5. The molecular weight excluding hydrogens is 562 g/mol. The second kappa shape index (κ2) is 16.3. The van der Waals surface area contributed by atoms with Gasteiger partial charge in [-0.3, -0.25) is 9.59 Å². The van der Waals surface area contributed by atoms with Gasteiger partial charge in [0.1, 0.15) is 5.75 Å². The van der Waals surface area contributed by atoms with Gasteiger partial charge in [-0.05, 0) is 90.1 Å². The average molecular weight is 618 g/mol. The monoisotopic (exact) mass is 617 g/mol. The maximum absolute atomic E-state index is 13.6. The standard InChI is InChI=1S/C37H55N5O3/c1-8-29(9-2)22-25(3)14-17-38-18-21-41-19-15-30(16-20-41)27(5)42-28(6)35(31-12-10-11-13-33(31)42)37(44)39-24-32-34(45-7)23-26(4)40-36(32)43/h10-13,23,27,29-30,38H,3,8-9,14-22,24H2,1-2,4-7H3,(H,39,44)(H,40,43)/t27-/m0/s1. The van der Waals surface area contributed by atoms with Crippen molar-refractivity contribution in [1.29, 1.82) is 0 Å². The number of amides is 1. The molecular formula is C37H55N5O3. The number of aromatic nitrogens is 2. The Labute approximate surface area is 269 Å². The smallest absolute Gasteiger partial charge is 0.256 e. The summed E-state index contributed by atoms with van der Waals surface area (Å²) >= 11 is 0. The maximum Gasteiger partial charge on any atom is 0.256 e. The number of fused-ring (bicyclic) bond motifs is 1. The number of para-hydroxylation sites is 1. The number of carbonyl (C=O) groups excluding carboxylic acids is 1. The normalized spacial score (nSPS) is 15.1. The van der Waals surface area contributed by atoms with Gasteiger partial charge in [0.15, 0.2) is 0 Å². The summed E-state index contributed by atoms with van der Waals surface area (Å²) in [6.45, 7) is 20.4. The molecule has 1 aromatic carbocycles. The zero-order chi connectivity index (χ0) is 32.5. The van der Waals surface area contributed by atoms with E-state index in [0.29, 0.717) is 28.5 Å². The van der Waals surface area contributed by atoms with Crippen LogP contribution in [0, 0.1) is 25.7 Å². The molecule has 4 rings (SSSR count). The van der Waals surface area contributed by atoms with Crippen LogP contribution in [0.25, 0.3) is 10.9 Å². The lowest BCUT2D eigenvalue weighted by atomic mass is 9.90. The number of H-pyrrole nitrogens is 1. The lowest BCUT2D eigenvalue weighted by molar-refractivity contribution is 0.0951. The van der Waals surface area contributed by atoms with Gasteiger partial charge >= 0.3 is 0 Å². The molecule has 1 atom stereocenters. The molecule has 1 aliphatic rings. The van der Waals surface area contributed by atoms with Crippen LogP contribution in [0.5, 0.6) is 5.75 Å². The van der Waals surface area contributed by atoms with Crippen molar-refractivity contribution in [2.24, 2.45) is 11.8 Å². The Kier molecular flexibility index (Phi) is 12.5. The minimum Gasteiger partial charge on any atom is -0.496 e. The van der Waals surface area contributed by atoms with Crippen molar-refractivity contribution < 1.29 is 9.53 Å². The van der Waals surface area contributed by atoms with E-state index >= 15 is 0 Å². The van der Waals surface area contributed by atoms with Crippen molar-refractivity contribution in [2.45, 2.75) is 85.7 Å². The van der Waals surface area contributed by atoms with Crippen LogP contribution in [0.15, 0.2) is 47.3 Å². The summed E-state index contributed by atoms with van der Waals surface area (Å²) in [5.41, 5.74) is 4.97. The van der Waals surface area contributed by atoms with E-state index in [1.54, 1.807) is 6.07 Å². The van der Waals surface area contributed by atoms with Crippen molar-refractivity contribution in [3.63, 3.8) is 0 Å². The second-order valence-corrected chi connectivity index (χ2v) is 12.9. The highest BCUT2D eigenvalue weighted by Gasteiger charge is 2.29. The van der Waals surface area contributed by atoms with Crippen LogP contribution in [0.3, 0.4) is 0 Å². The Morgan fingerprint density at radius 2 is 1.84 bits per heavy atom. The van der Waals surface area contributed by atoms with Crippen LogP contribution >= 0.6 is 0 Å². The predicted octanol–water partition coefficient (Wildman–Crippen LogP) is 6.52. The molecule has 0 unspecified atom stereocenters. The number of aromatic amines is 1. The lowest BCUT2D eigenvalue weighted by Gasteiger charge is -2.36. The molecule has 0 aliphatic carbocycles. The molecule has 3 aromatic rings. The van der Waals surface area contributed by atoms with Crippen molar-refractivity contribution >= 4 is 16.8 Å². The van der Waals surface area contributed by atoms with Gasteiger partial charge < -0.3 is 29.8 Å². The molecule has 0 radical (unpaired) electrons. The molecule has 2 aromatic heterocycles. The van der Waals surface area contributed by atoms with Crippen molar-refractivity contribution in [3.05, 3.63) is 75.4 Å². The van der Waals surface area contributed by atoms with Gasteiger partial charge in [-0.25, -0.2) is 0 Å². The van der Waals surface area contributed by atoms with Crippen molar-refractivity contribution in [3.8, 4) is 5.75 Å². The number of benzene rings is 1. The fraction of sp³-hybridized carbons (Fsp3) is 0.568. The predicted molar refractivity (Wildman–Crippen MR) is 185 cm³/mol. The van der Waals surface area contributed by atoms with Crippen LogP contribution in [-0.4, -0.2) is 60.2 Å². The molecule has 8 heteroatoms. The Bertz CT molecular complexity index is 1490. The van der Waals surface area contributed by atoms with E-state index in [0.717, 1.165) is 80.9 Å². The first-order valence-electron chi connectivity index (χ1n) is 16.9. The zero-order valence-corrected chi connectivity index (χ0v) is 28.4.